The molecule has 2 nitrogen and oxygen atoms in total. The lowest BCUT2D eigenvalue weighted by atomic mass is 9.86. The highest BCUT2D eigenvalue weighted by Gasteiger charge is 2.18. The first-order valence-electron chi connectivity index (χ1n) is 5.67. The molecule has 82 valence electrons. The minimum Gasteiger partial charge on any atom is -0.493 e. The number of para-hydroxylation sites is 1. The molecule has 1 fully saturated rings. The Balaban J connectivity index is 1.99. The number of hydrogen-bond acceptors (Lipinski definition) is 2. The summed E-state index contributed by atoms with van der Waals surface area (Å²) in [4.78, 5) is 0. The standard InChI is InChI=1S/C13H18O2/c1-10(14)12-7-2-3-8-13(12)15-9-11-5-4-6-11/h2-3,7-8,10-11,14H,4-6,9H2,1H3/t10-/m0/s1. The number of aliphatic hydroxyl groups is 1. The van der Waals surface area contributed by atoms with Gasteiger partial charge in [-0.1, -0.05) is 24.6 Å². The fourth-order valence-corrected chi connectivity index (χ4v) is 1.82. The molecule has 0 spiro atoms. The highest BCUT2D eigenvalue weighted by molar-refractivity contribution is 5.34. The summed E-state index contributed by atoms with van der Waals surface area (Å²) >= 11 is 0. The zero-order valence-electron chi connectivity index (χ0n) is 9.15. The lowest BCUT2D eigenvalue weighted by Crippen LogP contribution is -2.19. The molecular weight excluding hydrogens is 188 g/mol. The summed E-state index contributed by atoms with van der Waals surface area (Å²) in [6.45, 7) is 2.56. The average molecular weight is 206 g/mol. The molecule has 1 N–H and O–H groups in total. The fourth-order valence-electron chi connectivity index (χ4n) is 1.82. The van der Waals surface area contributed by atoms with Crippen LogP contribution in [0.4, 0.5) is 0 Å². The van der Waals surface area contributed by atoms with Crippen molar-refractivity contribution < 1.29 is 9.84 Å². The quantitative estimate of drug-likeness (QED) is 0.820. The van der Waals surface area contributed by atoms with E-state index in [1.165, 1.54) is 19.3 Å². The van der Waals surface area contributed by atoms with Crippen LogP contribution in [0.3, 0.4) is 0 Å². The first-order chi connectivity index (χ1) is 7.27. The highest BCUT2D eigenvalue weighted by atomic mass is 16.5. The van der Waals surface area contributed by atoms with Gasteiger partial charge in [-0.15, -0.1) is 0 Å². The van der Waals surface area contributed by atoms with Crippen LogP contribution in [0.1, 0.15) is 37.9 Å². The molecule has 15 heavy (non-hydrogen) atoms. The summed E-state index contributed by atoms with van der Waals surface area (Å²) in [5, 5.41) is 9.56. The maximum Gasteiger partial charge on any atom is 0.125 e. The van der Waals surface area contributed by atoms with E-state index in [1.807, 2.05) is 24.3 Å². The van der Waals surface area contributed by atoms with Crippen molar-refractivity contribution in [2.45, 2.75) is 32.3 Å². The van der Waals surface area contributed by atoms with Crippen molar-refractivity contribution in [1.82, 2.24) is 0 Å². The van der Waals surface area contributed by atoms with E-state index in [-0.39, 0.29) is 0 Å². The SMILES string of the molecule is C[C@H](O)c1ccccc1OCC1CCC1. The largest absolute Gasteiger partial charge is 0.493 e. The van der Waals surface area contributed by atoms with Gasteiger partial charge in [-0.2, -0.15) is 0 Å². The predicted octanol–water partition coefficient (Wildman–Crippen LogP) is 2.92. The predicted molar refractivity (Wildman–Crippen MR) is 59.9 cm³/mol. The Bertz CT molecular complexity index is 316. The molecule has 1 atom stereocenters. The summed E-state index contributed by atoms with van der Waals surface area (Å²) in [6.07, 6.45) is 3.46. The molecule has 0 bridgehead atoms. The van der Waals surface area contributed by atoms with Gasteiger partial charge in [0.2, 0.25) is 0 Å². The second-order valence-electron chi connectivity index (χ2n) is 4.32. The molecule has 1 aromatic carbocycles. The van der Waals surface area contributed by atoms with E-state index in [2.05, 4.69) is 0 Å². The number of ether oxygens (including phenoxy) is 1. The fraction of sp³-hybridized carbons (Fsp3) is 0.538. The molecule has 0 heterocycles. The zero-order valence-corrected chi connectivity index (χ0v) is 9.15. The summed E-state index contributed by atoms with van der Waals surface area (Å²) in [7, 11) is 0. The molecule has 1 saturated carbocycles. The average Bonchev–Trinajstić information content (AvgIpc) is 2.16. The van der Waals surface area contributed by atoms with Crippen LogP contribution in [-0.2, 0) is 0 Å². The van der Waals surface area contributed by atoms with Gasteiger partial charge in [0.15, 0.2) is 0 Å². The molecule has 1 aromatic rings. The van der Waals surface area contributed by atoms with E-state index in [4.69, 9.17) is 4.74 Å². The van der Waals surface area contributed by atoms with Gasteiger partial charge in [-0.05, 0) is 31.7 Å². The van der Waals surface area contributed by atoms with Crippen LogP contribution in [0.5, 0.6) is 5.75 Å². The van der Waals surface area contributed by atoms with Crippen molar-refractivity contribution in [3.05, 3.63) is 29.8 Å². The van der Waals surface area contributed by atoms with Crippen LogP contribution >= 0.6 is 0 Å². The normalized spacial score (nSPS) is 18.3. The Morgan fingerprint density at radius 2 is 2.13 bits per heavy atom. The molecule has 2 heteroatoms. The molecule has 1 aliphatic rings. The first kappa shape index (κ1) is 10.5. The van der Waals surface area contributed by atoms with Crippen LogP contribution in [0.25, 0.3) is 0 Å². The Morgan fingerprint density at radius 3 is 2.73 bits per heavy atom. The molecule has 1 aliphatic carbocycles. The van der Waals surface area contributed by atoms with E-state index in [9.17, 15) is 5.11 Å². The lowest BCUT2D eigenvalue weighted by molar-refractivity contribution is 0.164. The van der Waals surface area contributed by atoms with Crippen LogP contribution in [0.2, 0.25) is 0 Å². The van der Waals surface area contributed by atoms with Crippen molar-refractivity contribution in [3.63, 3.8) is 0 Å². The summed E-state index contributed by atoms with van der Waals surface area (Å²) in [6, 6.07) is 7.72. The van der Waals surface area contributed by atoms with Gasteiger partial charge in [-0.3, -0.25) is 0 Å². The van der Waals surface area contributed by atoms with E-state index in [1.54, 1.807) is 6.92 Å². The van der Waals surface area contributed by atoms with Gasteiger partial charge < -0.3 is 9.84 Å². The number of rotatable bonds is 4. The van der Waals surface area contributed by atoms with Gasteiger partial charge >= 0.3 is 0 Å². The van der Waals surface area contributed by atoms with Gasteiger partial charge in [0.05, 0.1) is 12.7 Å². The summed E-state index contributed by atoms with van der Waals surface area (Å²) in [5.41, 5.74) is 0.886. The minimum atomic E-state index is -0.456. The summed E-state index contributed by atoms with van der Waals surface area (Å²) in [5.74, 6) is 1.56. The molecular formula is C13H18O2. The minimum absolute atomic E-state index is 0.456. The number of aliphatic hydroxyl groups excluding tert-OH is 1. The molecule has 0 radical (unpaired) electrons. The van der Waals surface area contributed by atoms with E-state index < -0.39 is 6.10 Å². The molecule has 0 saturated heterocycles. The molecule has 0 aromatic heterocycles. The van der Waals surface area contributed by atoms with Gasteiger partial charge in [0.1, 0.15) is 5.75 Å². The maximum absolute atomic E-state index is 9.56. The number of benzene rings is 1. The zero-order chi connectivity index (χ0) is 10.7. The van der Waals surface area contributed by atoms with Crippen LogP contribution in [0.15, 0.2) is 24.3 Å². The second kappa shape index (κ2) is 4.67. The van der Waals surface area contributed by atoms with Crippen molar-refractivity contribution in [3.8, 4) is 5.75 Å². The van der Waals surface area contributed by atoms with Crippen LogP contribution < -0.4 is 4.74 Å². The first-order valence-corrected chi connectivity index (χ1v) is 5.67. The molecule has 0 aliphatic heterocycles. The Kier molecular flexibility index (Phi) is 3.27. The van der Waals surface area contributed by atoms with Gasteiger partial charge in [-0.25, -0.2) is 0 Å². The Morgan fingerprint density at radius 1 is 1.40 bits per heavy atom. The third-order valence-electron chi connectivity index (χ3n) is 3.07. The van der Waals surface area contributed by atoms with Crippen LogP contribution in [0, 0.1) is 5.92 Å². The van der Waals surface area contributed by atoms with Crippen molar-refractivity contribution in [2.75, 3.05) is 6.61 Å². The third-order valence-corrected chi connectivity index (χ3v) is 3.07. The van der Waals surface area contributed by atoms with Crippen molar-refractivity contribution in [2.24, 2.45) is 5.92 Å². The van der Waals surface area contributed by atoms with E-state index in [0.29, 0.717) is 0 Å². The topological polar surface area (TPSA) is 29.5 Å². The van der Waals surface area contributed by atoms with Crippen LogP contribution in [-0.4, -0.2) is 11.7 Å². The maximum atomic E-state index is 9.56. The molecule has 2 rings (SSSR count). The van der Waals surface area contributed by atoms with E-state index in [0.717, 1.165) is 23.8 Å². The van der Waals surface area contributed by atoms with Gasteiger partial charge in [0, 0.05) is 5.56 Å². The lowest BCUT2D eigenvalue weighted by Gasteiger charge is -2.25. The van der Waals surface area contributed by atoms with Crippen molar-refractivity contribution >= 4 is 0 Å². The Labute approximate surface area is 90.9 Å². The smallest absolute Gasteiger partial charge is 0.125 e. The highest BCUT2D eigenvalue weighted by Crippen LogP contribution is 2.29. The molecule has 0 amide bonds. The third kappa shape index (κ3) is 2.51. The van der Waals surface area contributed by atoms with Gasteiger partial charge in [0.25, 0.3) is 0 Å². The summed E-state index contributed by atoms with van der Waals surface area (Å²) < 4.78 is 5.74. The second-order valence-corrected chi connectivity index (χ2v) is 4.32. The number of hydrogen-bond donors (Lipinski definition) is 1. The van der Waals surface area contributed by atoms with Crippen molar-refractivity contribution in [1.29, 1.82) is 0 Å². The molecule has 0 unspecified atom stereocenters. The Hall–Kier alpha value is -1.02. The monoisotopic (exact) mass is 206 g/mol. The van der Waals surface area contributed by atoms with E-state index >= 15 is 0 Å².